The van der Waals surface area contributed by atoms with Gasteiger partial charge in [-0.1, -0.05) is 5.16 Å². The number of nitrogens with one attached hydrogen (secondary N) is 1. The summed E-state index contributed by atoms with van der Waals surface area (Å²) in [6, 6.07) is 1.06. The minimum absolute atomic E-state index is 0.101. The highest BCUT2D eigenvalue weighted by Gasteiger charge is 2.17. The number of rotatable bonds is 3. The van der Waals surface area contributed by atoms with Crippen LogP contribution in [0.15, 0.2) is 16.8 Å². The molecule has 0 saturated carbocycles. The first-order chi connectivity index (χ1) is 8.47. The van der Waals surface area contributed by atoms with Gasteiger partial charge in [0.15, 0.2) is 5.69 Å². The van der Waals surface area contributed by atoms with Gasteiger partial charge in [0.1, 0.15) is 0 Å². The highest BCUT2D eigenvalue weighted by atomic mass is 16.5. The quantitative estimate of drug-likeness (QED) is 0.828. The molecule has 0 aliphatic heterocycles. The van der Waals surface area contributed by atoms with Gasteiger partial charge in [0.05, 0.1) is 11.4 Å². The number of carboxylic acids is 1. The number of carbonyl (C=O) groups excluding carboxylic acids is 1. The summed E-state index contributed by atoms with van der Waals surface area (Å²) in [4.78, 5) is 22.3. The van der Waals surface area contributed by atoms with E-state index < -0.39 is 11.9 Å². The van der Waals surface area contributed by atoms with Crippen LogP contribution in [-0.2, 0) is 7.05 Å². The van der Waals surface area contributed by atoms with E-state index in [1.54, 1.807) is 24.9 Å². The molecule has 8 nitrogen and oxygen atoms in total. The van der Waals surface area contributed by atoms with Gasteiger partial charge in [-0.25, -0.2) is 4.79 Å². The van der Waals surface area contributed by atoms with Crippen molar-refractivity contribution >= 4 is 17.6 Å². The molecule has 0 aliphatic carbocycles. The summed E-state index contributed by atoms with van der Waals surface area (Å²) >= 11 is 0. The fourth-order valence-electron chi connectivity index (χ4n) is 1.39. The molecular weight excluding hydrogens is 240 g/mol. The lowest BCUT2D eigenvalue weighted by Crippen LogP contribution is -2.12. The number of nitrogens with zero attached hydrogens (tertiary/aromatic N) is 3. The van der Waals surface area contributed by atoms with Gasteiger partial charge in [-0.15, -0.1) is 0 Å². The molecule has 2 aromatic rings. The predicted molar refractivity (Wildman–Crippen MR) is 59.4 cm³/mol. The summed E-state index contributed by atoms with van der Waals surface area (Å²) in [7, 11) is 1.72. The third kappa shape index (κ3) is 2.21. The van der Waals surface area contributed by atoms with Gasteiger partial charge in [0, 0.05) is 19.3 Å². The van der Waals surface area contributed by atoms with Crippen LogP contribution in [0.4, 0.5) is 5.69 Å². The normalized spacial score (nSPS) is 10.3. The number of aryl methyl sites for hydroxylation is 2. The molecule has 94 valence electrons. The lowest BCUT2D eigenvalue weighted by atomic mass is 10.3. The zero-order chi connectivity index (χ0) is 13.3. The van der Waals surface area contributed by atoms with E-state index in [4.69, 9.17) is 5.11 Å². The van der Waals surface area contributed by atoms with Gasteiger partial charge in [0.25, 0.3) is 5.91 Å². The van der Waals surface area contributed by atoms with Gasteiger partial charge in [0.2, 0.25) is 5.76 Å². The maximum absolute atomic E-state index is 11.7. The molecule has 2 aromatic heterocycles. The molecule has 0 spiro atoms. The molecule has 0 saturated heterocycles. The zero-order valence-corrected chi connectivity index (χ0v) is 9.67. The van der Waals surface area contributed by atoms with Crippen molar-refractivity contribution in [1.82, 2.24) is 14.9 Å². The second-order valence-corrected chi connectivity index (χ2v) is 3.64. The Kier molecular flexibility index (Phi) is 2.84. The lowest BCUT2D eigenvalue weighted by molar-refractivity contribution is 0.0651. The van der Waals surface area contributed by atoms with Gasteiger partial charge >= 0.3 is 5.97 Å². The summed E-state index contributed by atoms with van der Waals surface area (Å²) in [6.45, 7) is 1.74. The van der Waals surface area contributed by atoms with Crippen molar-refractivity contribution in [3.8, 4) is 0 Å². The van der Waals surface area contributed by atoms with Crippen LogP contribution in [-0.4, -0.2) is 31.9 Å². The fourth-order valence-corrected chi connectivity index (χ4v) is 1.39. The van der Waals surface area contributed by atoms with Crippen molar-refractivity contribution in [3.05, 3.63) is 29.4 Å². The van der Waals surface area contributed by atoms with Gasteiger partial charge < -0.3 is 14.9 Å². The molecule has 0 unspecified atom stereocenters. The first kappa shape index (κ1) is 11.8. The Bertz CT molecular complexity index is 613. The lowest BCUT2D eigenvalue weighted by Gasteiger charge is -1.98. The smallest absolute Gasteiger partial charge is 0.374 e. The molecule has 0 fully saturated rings. The van der Waals surface area contributed by atoms with E-state index >= 15 is 0 Å². The van der Waals surface area contributed by atoms with Crippen LogP contribution >= 0.6 is 0 Å². The number of hydrogen-bond donors (Lipinski definition) is 2. The van der Waals surface area contributed by atoms with Crippen molar-refractivity contribution in [2.45, 2.75) is 6.92 Å². The average molecular weight is 250 g/mol. The second-order valence-electron chi connectivity index (χ2n) is 3.64. The standard InChI is InChI=1S/C10H10N4O4/c1-5-7(4-14(2)12-5)11-9(15)6-3-8(10(16)17)18-13-6/h3-4H,1-2H3,(H,11,15)(H,16,17). The third-order valence-corrected chi connectivity index (χ3v) is 2.22. The molecule has 8 heteroatoms. The Hall–Kier alpha value is -2.64. The number of amides is 1. The maximum atomic E-state index is 11.7. The molecule has 0 aromatic carbocycles. The van der Waals surface area contributed by atoms with E-state index in [0.29, 0.717) is 11.4 Å². The van der Waals surface area contributed by atoms with Crippen molar-refractivity contribution < 1.29 is 19.2 Å². The van der Waals surface area contributed by atoms with E-state index in [-0.39, 0.29) is 11.5 Å². The van der Waals surface area contributed by atoms with Crippen LogP contribution in [0.2, 0.25) is 0 Å². The Morgan fingerprint density at radius 3 is 2.72 bits per heavy atom. The molecule has 2 heterocycles. The largest absolute Gasteiger partial charge is 0.475 e. The molecule has 2 N–H and O–H groups in total. The van der Waals surface area contributed by atoms with Crippen molar-refractivity contribution in [1.29, 1.82) is 0 Å². The summed E-state index contributed by atoms with van der Waals surface area (Å²) in [5, 5.41) is 18.6. The van der Waals surface area contributed by atoms with Gasteiger partial charge in [-0.2, -0.15) is 5.10 Å². The summed E-state index contributed by atoms with van der Waals surface area (Å²) in [5.41, 5.74) is 1.07. The number of anilines is 1. The van der Waals surface area contributed by atoms with E-state index in [2.05, 4.69) is 20.1 Å². The van der Waals surface area contributed by atoms with Crippen molar-refractivity contribution in [2.75, 3.05) is 5.32 Å². The SMILES string of the molecule is Cc1nn(C)cc1NC(=O)c1cc(C(=O)O)on1. The van der Waals surface area contributed by atoms with E-state index in [0.717, 1.165) is 6.07 Å². The Morgan fingerprint density at radius 1 is 1.50 bits per heavy atom. The van der Waals surface area contributed by atoms with E-state index in [9.17, 15) is 9.59 Å². The predicted octanol–water partition coefficient (Wildman–Crippen LogP) is 0.667. The minimum atomic E-state index is -1.28. The summed E-state index contributed by atoms with van der Waals surface area (Å²) in [6.07, 6.45) is 1.63. The summed E-state index contributed by atoms with van der Waals surface area (Å²) < 4.78 is 6.04. The average Bonchev–Trinajstić information content (AvgIpc) is 2.86. The van der Waals surface area contributed by atoms with Crippen molar-refractivity contribution in [2.24, 2.45) is 7.05 Å². The highest BCUT2D eigenvalue weighted by Crippen LogP contribution is 2.13. The van der Waals surface area contributed by atoms with Gasteiger partial charge in [-0.3, -0.25) is 9.48 Å². The van der Waals surface area contributed by atoms with Crippen LogP contribution < -0.4 is 5.32 Å². The molecule has 0 bridgehead atoms. The Labute approximate surface area is 101 Å². The van der Waals surface area contributed by atoms with Crippen LogP contribution in [0.3, 0.4) is 0 Å². The Morgan fingerprint density at radius 2 is 2.22 bits per heavy atom. The molecule has 1 amide bonds. The van der Waals surface area contributed by atoms with Crippen LogP contribution in [0.25, 0.3) is 0 Å². The number of aromatic nitrogens is 3. The van der Waals surface area contributed by atoms with Gasteiger partial charge in [-0.05, 0) is 6.92 Å². The van der Waals surface area contributed by atoms with Crippen LogP contribution in [0.1, 0.15) is 26.7 Å². The Balaban J connectivity index is 2.16. The monoisotopic (exact) mass is 250 g/mol. The molecule has 18 heavy (non-hydrogen) atoms. The van der Waals surface area contributed by atoms with Crippen molar-refractivity contribution in [3.63, 3.8) is 0 Å². The number of carboxylic acid groups (broad SMARTS) is 1. The highest BCUT2D eigenvalue weighted by molar-refractivity contribution is 6.04. The molecule has 0 atom stereocenters. The zero-order valence-electron chi connectivity index (χ0n) is 9.67. The fraction of sp³-hybridized carbons (Fsp3) is 0.200. The number of carbonyl (C=O) groups is 2. The first-order valence-corrected chi connectivity index (χ1v) is 4.99. The third-order valence-electron chi connectivity index (χ3n) is 2.22. The molecule has 0 radical (unpaired) electrons. The minimum Gasteiger partial charge on any atom is -0.475 e. The molecule has 2 rings (SSSR count). The van der Waals surface area contributed by atoms with E-state index in [1.807, 2.05) is 0 Å². The number of hydrogen-bond acceptors (Lipinski definition) is 5. The topological polar surface area (TPSA) is 110 Å². The van der Waals surface area contributed by atoms with Crippen LogP contribution in [0, 0.1) is 6.92 Å². The van der Waals surface area contributed by atoms with Crippen LogP contribution in [0.5, 0.6) is 0 Å². The van der Waals surface area contributed by atoms with E-state index in [1.165, 1.54) is 0 Å². The first-order valence-electron chi connectivity index (χ1n) is 4.99. The number of aromatic carboxylic acids is 1. The maximum Gasteiger partial charge on any atom is 0.374 e. The second kappa shape index (κ2) is 4.32. The molecular formula is C10H10N4O4. The molecule has 0 aliphatic rings. The summed E-state index contributed by atoms with van der Waals surface area (Å²) in [5.74, 6) is -2.22.